The molecule has 4 atom stereocenters. The molecule has 0 radical (unpaired) electrons. The van der Waals surface area contributed by atoms with E-state index in [1.54, 1.807) is 24.3 Å². The van der Waals surface area contributed by atoms with Crippen molar-refractivity contribution in [1.82, 2.24) is 5.43 Å². The monoisotopic (exact) mass is 856 g/mol. The van der Waals surface area contributed by atoms with Crippen LogP contribution in [0.25, 0.3) is 6.08 Å². The van der Waals surface area contributed by atoms with Crippen LogP contribution in [-0.4, -0.2) is 22.6 Å². The van der Waals surface area contributed by atoms with Gasteiger partial charge in [-0.15, -0.1) is 0 Å². The zero-order valence-electron chi connectivity index (χ0n) is 30.5. The minimum Gasteiger partial charge on any atom is -0.302 e. The number of amides is 2. The molecule has 11 heteroatoms. The fraction of sp³-hybridized carbons (Fsp3) is 0.106. The Bertz CT molecular complexity index is 2540. The normalized spacial score (nSPS) is 21.9. The smallest absolute Gasteiger partial charge is 0.250 e. The first kappa shape index (κ1) is 38.2. The molecule has 1 aliphatic carbocycles. The molecule has 9 rings (SSSR count). The van der Waals surface area contributed by atoms with Crippen molar-refractivity contribution in [1.29, 1.82) is 0 Å². The number of halogens is 4. The van der Waals surface area contributed by atoms with E-state index in [-0.39, 0.29) is 5.11 Å². The fourth-order valence-corrected chi connectivity index (χ4v) is 9.74. The Kier molecular flexibility index (Phi) is 10.2. The van der Waals surface area contributed by atoms with Crippen molar-refractivity contribution >= 4 is 98.7 Å². The molecule has 6 nitrogen and oxygen atoms in total. The number of thiocarbonyl (C=S) groups is 1. The summed E-state index contributed by atoms with van der Waals surface area (Å²) in [6, 6.07) is 47.7. The van der Waals surface area contributed by atoms with Gasteiger partial charge in [-0.25, -0.2) is 0 Å². The van der Waals surface area contributed by atoms with Gasteiger partial charge in [0.15, 0.2) is 5.11 Å². The van der Waals surface area contributed by atoms with Crippen molar-refractivity contribution in [3.05, 3.63) is 206 Å². The number of hydrogen-bond acceptors (Lipinski definition) is 5. The highest BCUT2D eigenvalue weighted by Crippen LogP contribution is 2.65. The molecule has 2 heterocycles. The summed E-state index contributed by atoms with van der Waals surface area (Å²) in [6.07, 6.45) is 2.01. The molecule has 286 valence electrons. The molecule has 6 aromatic rings. The first-order chi connectivity index (χ1) is 28.2. The lowest BCUT2D eigenvalue weighted by Crippen LogP contribution is -2.71. The van der Waals surface area contributed by atoms with Crippen molar-refractivity contribution in [2.24, 2.45) is 16.4 Å². The second-order valence-corrected chi connectivity index (χ2v) is 16.6. The van der Waals surface area contributed by atoms with Gasteiger partial charge in [0.05, 0.1) is 23.1 Å². The van der Waals surface area contributed by atoms with Gasteiger partial charge in [-0.2, -0.15) is 5.10 Å². The second kappa shape index (κ2) is 15.5. The molecule has 1 spiro atoms. The van der Waals surface area contributed by atoms with E-state index in [0.717, 1.165) is 16.7 Å². The van der Waals surface area contributed by atoms with Crippen LogP contribution in [0.2, 0.25) is 20.1 Å². The summed E-state index contributed by atoms with van der Waals surface area (Å²) in [6.45, 7) is 0. The number of hydrogen-bond donors (Lipinski definition) is 1. The average Bonchev–Trinajstić information content (AvgIpc) is 3.68. The molecular weight excluding hydrogens is 826 g/mol. The second-order valence-electron chi connectivity index (χ2n) is 14.4. The van der Waals surface area contributed by atoms with E-state index in [1.807, 2.05) is 140 Å². The first-order valence-electron chi connectivity index (χ1n) is 18.6. The van der Waals surface area contributed by atoms with Gasteiger partial charge >= 0.3 is 0 Å². The van der Waals surface area contributed by atoms with Gasteiger partial charge in [0.1, 0.15) is 5.41 Å². The number of fused-ring (bicyclic) bond motifs is 1. The van der Waals surface area contributed by atoms with E-state index in [9.17, 15) is 0 Å². The maximum Gasteiger partial charge on any atom is 0.250 e. The molecule has 2 amide bonds. The number of anilines is 2. The zero-order valence-corrected chi connectivity index (χ0v) is 34.3. The van der Waals surface area contributed by atoms with E-state index in [2.05, 4.69) is 5.43 Å². The number of para-hydroxylation sites is 2. The summed E-state index contributed by atoms with van der Waals surface area (Å²) in [5.74, 6) is -3.29. The Hall–Kier alpha value is -5.28. The van der Waals surface area contributed by atoms with E-state index in [0.29, 0.717) is 48.3 Å². The summed E-state index contributed by atoms with van der Waals surface area (Å²) in [4.78, 5) is 36.1. The number of carbonyl (C=O) groups is 2. The van der Waals surface area contributed by atoms with Crippen molar-refractivity contribution in [2.45, 2.75) is 17.9 Å². The van der Waals surface area contributed by atoms with Gasteiger partial charge in [0.25, 0.3) is 11.8 Å². The molecule has 2 fully saturated rings. The average molecular weight is 859 g/mol. The standard InChI is InChI=1S/C47H32Cl4N4O2S/c48-32-19-11-28(12-20-32)27-38-40(29-13-21-33(49)22-14-29)47(44(56)54(36-7-3-1-4-8-36)46(58)55(45(47)57)37-9-5-2-6-10-37)41(30-15-23-34(50)24-16-30)39-42(52-53-43(38)39)31-17-25-35(51)26-18-31/h1-27,39-42,52H/b38-27-. The van der Waals surface area contributed by atoms with E-state index >= 15 is 9.59 Å². The van der Waals surface area contributed by atoms with Crippen LogP contribution < -0.4 is 15.2 Å². The van der Waals surface area contributed by atoms with Crippen LogP contribution >= 0.6 is 58.6 Å². The minimum absolute atomic E-state index is 0.0456. The highest BCUT2D eigenvalue weighted by atomic mass is 35.5. The van der Waals surface area contributed by atoms with Crippen LogP contribution in [0.15, 0.2) is 168 Å². The number of nitrogens with zero attached hydrogens (tertiary/aromatic N) is 3. The minimum atomic E-state index is -1.91. The van der Waals surface area contributed by atoms with Gasteiger partial charge in [0.2, 0.25) is 0 Å². The summed E-state index contributed by atoms with van der Waals surface area (Å²) in [5, 5.41) is 7.34. The summed E-state index contributed by atoms with van der Waals surface area (Å²) >= 11 is 32.2. The molecule has 0 aromatic heterocycles. The summed E-state index contributed by atoms with van der Waals surface area (Å²) < 4.78 is 0. The number of nitrogens with one attached hydrogen (secondary N) is 1. The molecule has 6 aromatic carbocycles. The third-order valence-corrected chi connectivity index (χ3v) is 12.7. The van der Waals surface area contributed by atoms with Crippen LogP contribution in [0.4, 0.5) is 11.4 Å². The highest BCUT2D eigenvalue weighted by molar-refractivity contribution is 7.81. The van der Waals surface area contributed by atoms with Gasteiger partial charge in [-0.3, -0.25) is 19.4 Å². The highest BCUT2D eigenvalue weighted by Gasteiger charge is 2.71. The Labute approximate surface area is 361 Å². The number of hydrazone groups is 1. The Morgan fingerprint density at radius 2 is 1.00 bits per heavy atom. The van der Waals surface area contributed by atoms with Crippen LogP contribution in [0.1, 0.15) is 40.1 Å². The third-order valence-electron chi connectivity index (χ3n) is 11.3. The molecule has 1 saturated heterocycles. The van der Waals surface area contributed by atoms with E-state index in [1.165, 1.54) is 9.80 Å². The first-order valence-corrected chi connectivity index (χ1v) is 20.5. The van der Waals surface area contributed by atoms with Gasteiger partial charge in [-0.1, -0.05) is 131 Å². The number of benzene rings is 6. The van der Waals surface area contributed by atoms with Crippen molar-refractivity contribution in [3.63, 3.8) is 0 Å². The van der Waals surface area contributed by atoms with E-state index < -0.39 is 41.0 Å². The quantitative estimate of drug-likeness (QED) is 0.134. The number of rotatable bonds is 6. The fourth-order valence-electron chi connectivity index (χ4n) is 8.86. The van der Waals surface area contributed by atoms with Gasteiger partial charge < -0.3 is 5.43 Å². The Balaban J connectivity index is 1.44. The summed E-state index contributed by atoms with van der Waals surface area (Å²) in [5.41, 5.74) is 7.08. The van der Waals surface area contributed by atoms with Crippen molar-refractivity contribution < 1.29 is 9.59 Å². The molecule has 2 aliphatic heterocycles. The maximum atomic E-state index is 16.5. The lowest BCUT2D eigenvalue weighted by molar-refractivity contribution is -0.144. The molecular formula is C47H32Cl4N4O2S. The van der Waals surface area contributed by atoms with Gasteiger partial charge in [0, 0.05) is 37.8 Å². The van der Waals surface area contributed by atoms with Crippen LogP contribution in [-0.2, 0) is 9.59 Å². The lowest BCUT2D eigenvalue weighted by Gasteiger charge is -2.57. The summed E-state index contributed by atoms with van der Waals surface area (Å²) in [7, 11) is 0. The predicted octanol–water partition coefficient (Wildman–Crippen LogP) is 11.9. The number of carbonyl (C=O) groups excluding carboxylic acids is 2. The largest absolute Gasteiger partial charge is 0.302 e. The van der Waals surface area contributed by atoms with E-state index in [4.69, 9.17) is 63.7 Å². The molecule has 4 unspecified atom stereocenters. The maximum absolute atomic E-state index is 16.5. The predicted molar refractivity (Wildman–Crippen MR) is 239 cm³/mol. The van der Waals surface area contributed by atoms with Crippen molar-refractivity contribution in [2.75, 3.05) is 9.80 Å². The van der Waals surface area contributed by atoms with Crippen LogP contribution in [0.3, 0.4) is 0 Å². The third kappa shape index (κ3) is 6.42. The number of allylic oxidation sites excluding steroid dienone is 1. The Morgan fingerprint density at radius 1 is 0.569 bits per heavy atom. The SMILES string of the molecule is O=C1N(c2ccccc2)C(=S)N(c2ccccc2)C(=O)C12C(c1ccc(Cl)cc1)/C(=C/c1ccc(Cl)cc1)C1=NNC(c3ccc(Cl)cc3)C1C2c1ccc(Cl)cc1. The molecule has 58 heavy (non-hydrogen) atoms. The van der Waals surface area contributed by atoms with Crippen molar-refractivity contribution in [3.8, 4) is 0 Å². The van der Waals surface area contributed by atoms with Gasteiger partial charge in [-0.05, 0) is 119 Å². The molecule has 1 saturated carbocycles. The lowest BCUT2D eigenvalue weighted by atomic mass is 9.48. The topological polar surface area (TPSA) is 65.0 Å². The van der Waals surface area contributed by atoms with Crippen LogP contribution in [0.5, 0.6) is 0 Å². The molecule has 0 bridgehead atoms. The Morgan fingerprint density at radius 3 is 1.48 bits per heavy atom. The van der Waals surface area contributed by atoms with Crippen LogP contribution in [0, 0.1) is 11.3 Å². The molecule has 1 N–H and O–H groups in total. The zero-order chi connectivity index (χ0) is 40.1. The molecule has 3 aliphatic rings.